The fourth-order valence-corrected chi connectivity index (χ4v) is 5.90. The Hall–Kier alpha value is -1.79. The number of nitrogens with two attached hydrogens (primary N) is 1. The highest BCUT2D eigenvalue weighted by Crippen LogP contribution is 2.80. The molecule has 0 saturated carbocycles. The molecule has 4 heterocycles. The van der Waals surface area contributed by atoms with E-state index >= 15 is 0 Å². The van der Waals surface area contributed by atoms with Crippen LogP contribution in [0.3, 0.4) is 0 Å². The summed E-state index contributed by atoms with van der Waals surface area (Å²) in [6, 6.07) is 1.51. The van der Waals surface area contributed by atoms with Gasteiger partial charge in [-0.25, -0.2) is 0 Å². The Balaban J connectivity index is 1.57. The quantitative estimate of drug-likeness (QED) is 0.293. The maximum absolute atomic E-state index is 12.7. The molecule has 0 bridgehead atoms. The number of ether oxygens (including phenoxy) is 1. The zero-order valence-electron chi connectivity index (χ0n) is 17.4. The van der Waals surface area contributed by atoms with Crippen molar-refractivity contribution in [2.45, 2.75) is 75.7 Å². The van der Waals surface area contributed by atoms with Crippen LogP contribution in [0.15, 0.2) is 17.1 Å². The summed E-state index contributed by atoms with van der Waals surface area (Å²) < 4.78 is 30.7. The number of nitrogens with one attached hydrogen (secondary N) is 1. The molecule has 2 aliphatic rings. The smallest absolute Gasteiger partial charge is 0.388 e. The summed E-state index contributed by atoms with van der Waals surface area (Å²) in [6.07, 6.45) is -2.46. The van der Waals surface area contributed by atoms with Gasteiger partial charge in [-0.05, 0) is 19.4 Å². The molecule has 7 atom stereocenters. The van der Waals surface area contributed by atoms with E-state index < -0.39 is 48.8 Å². The van der Waals surface area contributed by atoms with E-state index in [0.29, 0.717) is 6.42 Å². The van der Waals surface area contributed by atoms with Crippen LogP contribution < -0.4 is 11.3 Å². The Morgan fingerprint density at radius 2 is 2.13 bits per heavy atom. The highest BCUT2D eigenvalue weighted by molar-refractivity contribution is 7.61. The first kappa shape index (κ1) is 22.4. The molecule has 12 nitrogen and oxygen atoms in total. The van der Waals surface area contributed by atoms with E-state index in [-0.39, 0.29) is 29.8 Å². The molecule has 31 heavy (non-hydrogen) atoms. The number of aliphatic hydroxyl groups excluding tert-OH is 2. The molecule has 0 amide bonds. The van der Waals surface area contributed by atoms with Gasteiger partial charge in [0.25, 0.3) is 11.1 Å². The zero-order valence-corrected chi connectivity index (χ0v) is 18.3. The van der Waals surface area contributed by atoms with E-state index in [1.54, 1.807) is 20.8 Å². The van der Waals surface area contributed by atoms with E-state index in [9.17, 15) is 24.7 Å². The molecule has 2 aromatic heterocycles. The van der Waals surface area contributed by atoms with Crippen molar-refractivity contribution in [3.05, 3.63) is 22.6 Å². The Labute approximate surface area is 177 Å². The number of hydrogen-bond donors (Lipinski definition) is 5. The second-order valence-electron chi connectivity index (χ2n) is 8.24. The maximum Gasteiger partial charge on any atom is 0.393 e. The van der Waals surface area contributed by atoms with Crippen LogP contribution in [0.2, 0.25) is 0 Å². The first-order valence-corrected chi connectivity index (χ1v) is 11.6. The Bertz CT molecular complexity index is 1100. The van der Waals surface area contributed by atoms with Gasteiger partial charge in [0.1, 0.15) is 12.2 Å². The third-order valence-electron chi connectivity index (χ3n) is 6.06. The summed E-state index contributed by atoms with van der Waals surface area (Å²) in [5.74, 6) is -0.0912. The van der Waals surface area contributed by atoms with Crippen LogP contribution in [0.4, 0.5) is 5.95 Å². The largest absolute Gasteiger partial charge is 0.393 e. The summed E-state index contributed by atoms with van der Waals surface area (Å²) in [6.45, 7) is 5.10. The molecule has 2 aromatic rings. The van der Waals surface area contributed by atoms with Crippen LogP contribution in [-0.4, -0.2) is 59.3 Å². The molecule has 172 valence electrons. The molecule has 0 radical (unpaired) electrons. The molecular formula is C18H27N4O8P. The summed E-state index contributed by atoms with van der Waals surface area (Å²) in [5.41, 5.74) is 2.55. The van der Waals surface area contributed by atoms with Gasteiger partial charge < -0.3 is 30.4 Å². The molecule has 2 aliphatic heterocycles. The Morgan fingerprint density at radius 3 is 2.74 bits per heavy atom. The first-order chi connectivity index (χ1) is 14.5. The topological polar surface area (TPSA) is 185 Å². The molecule has 7 unspecified atom stereocenters. The lowest BCUT2D eigenvalue weighted by molar-refractivity contribution is -0.0629. The minimum atomic E-state index is -3.69. The van der Waals surface area contributed by atoms with Crippen molar-refractivity contribution in [3.63, 3.8) is 0 Å². The van der Waals surface area contributed by atoms with Gasteiger partial charge in [-0.2, -0.15) is 4.98 Å². The number of aliphatic hydroxyl groups is 3. The summed E-state index contributed by atoms with van der Waals surface area (Å²) in [5, 5.41) is 31.6. The lowest BCUT2D eigenvalue weighted by Crippen LogP contribution is -2.38. The predicted octanol–water partition coefficient (Wildman–Crippen LogP) is 0.781. The molecule has 4 rings (SSSR count). The zero-order chi connectivity index (χ0) is 22.8. The van der Waals surface area contributed by atoms with E-state index in [4.69, 9.17) is 19.5 Å². The lowest BCUT2D eigenvalue weighted by Gasteiger charge is -2.31. The molecule has 13 heteroatoms. The maximum atomic E-state index is 12.7. The van der Waals surface area contributed by atoms with Crippen molar-refractivity contribution >= 4 is 24.6 Å². The number of H-pyrrole nitrogens is 1. The highest BCUT2D eigenvalue weighted by Gasteiger charge is 2.70. The van der Waals surface area contributed by atoms with Gasteiger partial charge in [-0.1, -0.05) is 13.8 Å². The van der Waals surface area contributed by atoms with Crippen molar-refractivity contribution in [1.29, 1.82) is 0 Å². The van der Waals surface area contributed by atoms with Gasteiger partial charge >= 0.3 is 7.60 Å². The van der Waals surface area contributed by atoms with Crippen LogP contribution in [-0.2, 0) is 18.3 Å². The lowest BCUT2D eigenvalue weighted by atomic mass is 9.93. The van der Waals surface area contributed by atoms with Crippen molar-refractivity contribution in [2.24, 2.45) is 0 Å². The number of nitrogens with zero attached hydrogens (tertiary/aromatic N) is 2. The second kappa shape index (κ2) is 7.38. The van der Waals surface area contributed by atoms with Crippen LogP contribution >= 0.6 is 7.60 Å². The number of rotatable bonds is 7. The van der Waals surface area contributed by atoms with Crippen LogP contribution in [0.5, 0.6) is 0 Å². The van der Waals surface area contributed by atoms with Gasteiger partial charge in [0.2, 0.25) is 5.95 Å². The summed E-state index contributed by atoms with van der Waals surface area (Å²) in [7, 11) is -3.69. The average molecular weight is 458 g/mol. The standard InChI is InChI=1S/C18H27N4O8P/c1-4-17(3,29-31(27)18(26,5-2)30-31)8-10-11(23)12(24)15(28-10)22-7-6-9-13(22)20-16(19)21-14(9)25/h6-7,10-12,15,23-24,26H,4-5,8H2,1-3H3,(H3,19,20,21,25). The molecule has 2 saturated heterocycles. The van der Waals surface area contributed by atoms with Crippen molar-refractivity contribution in [1.82, 2.24) is 14.5 Å². The number of nitrogen functional groups attached to an aromatic ring is 1. The number of aromatic amines is 1. The molecule has 6 N–H and O–H groups in total. The molecular weight excluding hydrogens is 431 g/mol. The van der Waals surface area contributed by atoms with E-state index in [2.05, 4.69) is 9.97 Å². The highest BCUT2D eigenvalue weighted by atomic mass is 31.2. The van der Waals surface area contributed by atoms with Crippen LogP contribution in [0.1, 0.15) is 46.3 Å². The fourth-order valence-electron chi connectivity index (χ4n) is 3.88. The first-order valence-electron chi connectivity index (χ1n) is 10.1. The Morgan fingerprint density at radius 1 is 1.42 bits per heavy atom. The van der Waals surface area contributed by atoms with Crippen LogP contribution in [0, 0.1) is 0 Å². The molecule has 0 aromatic carbocycles. The van der Waals surface area contributed by atoms with Crippen molar-refractivity contribution in [3.8, 4) is 0 Å². The van der Waals surface area contributed by atoms with Gasteiger partial charge in [0.05, 0.1) is 17.1 Å². The van der Waals surface area contributed by atoms with E-state index in [0.717, 1.165) is 0 Å². The molecule has 0 aliphatic carbocycles. The summed E-state index contributed by atoms with van der Waals surface area (Å²) >= 11 is 0. The molecule has 0 spiro atoms. The van der Waals surface area contributed by atoms with Gasteiger partial charge in [-0.3, -0.25) is 23.4 Å². The summed E-state index contributed by atoms with van der Waals surface area (Å²) in [4.78, 5) is 18.6. The second-order valence-corrected chi connectivity index (χ2v) is 10.3. The minimum absolute atomic E-state index is 0.0702. The van der Waals surface area contributed by atoms with E-state index in [1.165, 1.54) is 16.8 Å². The minimum Gasteiger partial charge on any atom is -0.388 e. The van der Waals surface area contributed by atoms with Gasteiger partial charge in [0, 0.05) is 19.0 Å². The molecule has 2 fully saturated rings. The van der Waals surface area contributed by atoms with E-state index in [1.807, 2.05) is 0 Å². The van der Waals surface area contributed by atoms with Crippen molar-refractivity contribution < 1.29 is 33.7 Å². The third-order valence-corrected chi connectivity index (χ3v) is 8.38. The number of hydrogen-bond acceptors (Lipinski definition) is 10. The monoisotopic (exact) mass is 458 g/mol. The fraction of sp³-hybridized carbons (Fsp3) is 0.667. The third kappa shape index (κ3) is 3.62. The number of fused-ring (bicyclic) bond motifs is 1. The normalized spacial score (nSPS) is 37.2. The Kier molecular flexibility index (Phi) is 5.33. The van der Waals surface area contributed by atoms with Gasteiger partial charge in [0.15, 0.2) is 11.9 Å². The average Bonchev–Trinajstić information content (AvgIpc) is 2.96. The van der Waals surface area contributed by atoms with Gasteiger partial charge in [-0.15, -0.1) is 0 Å². The number of anilines is 1. The predicted molar refractivity (Wildman–Crippen MR) is 109 cm³/mol. The van der Waals surface area contributed by atoms with Crippen LogP contribution in [0.25, 0.3) is 11.0 Å². The number of aromatic nitrogens is 3. The SMILES string of the molecule is CCC(C)(CC1OC(n2ccc3c(=O)[nH]c(N)nc32)C(O)C1O)OP1(=O)OC1(O)CC. The van der Waals surface area contributed by atoms with Crippen molar-refractivity contribution in [2.75, 3.05) is 5.73 Å².